The molecule has 0 unspecified atom stereocenters. The maximum atomic E-state index is 5.42. The third-order valence-electron chi connectivity index (χ3n) is 2.15. The molecule has 5 heteroatoms. The van der Waals surface area contributed by atoms with Crippen molar-refractivity contribution in [1.29, 1.82) is 0 Å². The van der Waals surface area contributed by atoms with E-state index < -0.39 is 0 Å². The molecular weight excluding hydrogens is 192 g/mol. The van der Waals surface area contributed by atoms with Crippen LogP contribution in [0, 0.1) is 0 Å². The van der Waals surface area contributed by atoms with Crippen LogP contribution in [0.25, 0.3) is 0 Å². The van der Waals surface area contributed by atoms with E-state index in [9.17, 15) is 0 Å². The van der Waals surface area contributed by atoms with Crippen LogP contribution in [0.3, 0.4) is 0 Å². The number of aryl methyl sites for hydroxylation is 1. The van der Waals surface area contributed by atoms with Gasteiger partial charge in [-0.15, -0.1) is 0 Å². The summed E-state index contributed by atoms with van der Waals surface area (Å²) in [5, 5.41) is 7.25. The van der Waals surface area contributed by atoms with E-state index in [1.165, 1.54) is 6.42 Å². The molecule has 0 saturated carbocycles. The first-order chi connectivity index (χ1) is 7.34. The maximum absolute atomic E-state index is 5.42. The summed E-state index contributed by atoms with van der Waals surface area (Å²) < 4.78 is 7.19. The number of hydrogen-bond donors (Lipinski definition) is 1. The number of ether oxygens (including phenoxy) is 1. The Morgan fingerprint density at radius 3 is 3.00 bits per heavy atom. The third kappa shape index (κ3) is 4.90. The standard InChI is InChI=1S/C10H20N4O/c1-3-4-6-15-7-5-11-8-10-12-9-13-14(10)2/h9,11H,3-8H2,1-2H3. The molecule has 15 heavy (non-hydrogen) atoms. The number of aromatic nitrogens is 3. The van der Waals surface area contributed by atoms with Gasteiger partial charge in [-0.3, -0.25) is 4.68 Å². The molecule has 0 aliphatic carbocycles. The first-order valence-corrected chi connectivity index (χ1v) is 5.46. The highest BCUT2D eigenvalue weighted by molar-refractivity contribution is 4.81. The number of nitrogens with one attached hydrogen (secondary N) is 1. The number of rotatable bonds is 8. The van der Waals surface area contributed by atoms with E-state index in [1.807, 2.05) is 7.05 Å². The predicted octanol–water partition coefficient (Wildman–Crippen LogP) is 0.721. The highest BCUT2D eigenvalue weighted by Crippen LogP contribution is 1.89. The van der Waals surface area contributed by atoms with Crippen LogP contribution in [-0.4, -0.2) is 34.5 Å². The summed E-state index contributed by atoms with van der Waals surface area (Å²) >= 11 is 0. The second-order valence-corrected chi connectivity index (χ2v) is 3.44. The first kappa shape index (κ1) is 12.1. The Balaban J connectivity index is 1.96. The molecule has 0 saturated heterocycles. The van der Waals surface area contributed by atoms with Gasteiger partial charge in [0.1, 0.15) is 12.2 Å². The molecule has 1 aromatic rings. The van der Waals surface area contributed by atoms with Gasteiger partial charge in [0.15, 0.2) is 0 Å². The van der Waals surface area contributed by atoms with Crippen LogP contribution >= 0.6 is 0 Å². The minimum Gasteiger partial charge on any atom is -0.380 e. The summed E-state index contributed by atoms with van der Waals surface area (Å²) in [7, 11) is 1.89. The lowest BCUT2D eigenvalue weighted by atomic mass is 10.4. The number of nitrogens with zero attached hydrogens (tertiary/aromatic N) is 3. The molecule has 0 aromatic carbocycles. The van der Waals surface area contributed by atoms with Crippen molar-refractivity contribution in [3.8, 4) is 0 Å². The minimum atomic E-state index is 0.744. The van der Waals surface area contributed by atoms with Crippen LogP contribution in [0.15, 0.2) is 6.33 Å². The van der Waals surface area contributed by atoms with E-state index in [4.69, 9.17) is 4.74 Å². The summed E-state index contributed by atoms with van der Waals surface area (Å²) in [4.78, 5) is 4.11. The fourth-order valence-corrected chi connectivity index (χ4v) is 1.17. The smallest absolute Gasteiger partial charge is 0.140 e. The number of hydrogen-bond acceptors (Lipinski definition) is 4. The quantitative estimate of drug-likeness (QED) is 0.645. The van der Waals surface area contributed by atoms with Crippen LogP contribution in [0.4, 0.5) is 0 Å². The van der Waals surface area contributed by atoms with E-state index in [0.717, 1.165) is 38.5 Å². The van der Waals surface area contributed by atoms with Gasteiger partial charge in [-0.1, -0.05) is 13.3 Å². The Morgan fingerprint density at radius 1 is 1.47 bits per heavy atom. The first-order valence-electron chi connectivity index (χ1n) is 5.46. The Labute approximate surface area is 90.8 Å². The van der Waals surface area contributed by atoms with Crippen molar-refractivity contribution in [2.45, 2.75) is 26.3 Å². The molecule has 5 nitrogen and oxygen atoms in total. The summed E-state index contributed by atoms with van der Waals surface area (Å²) in [5.41, 5.74) is 0. The largest absolute Gasteiger partial charge is 0.380 e. The van der Waals surface area contributed by atoms with Crippen molar-refractivity contribution < 1.29 is 4.74 Å². The Bertz CT molecular complexity index is 262. The van der Waals surface area contributed by atoms with Crippen LogP contribution in [0.2, 0.25) is 0 Å². The van der Waals surface area contributed by atoms with E-state index in [2.05, 4.69) is 22.3 Å². The van der Waals surface area contributed by atoms with Crippen LogP contribution in [0.1, 0.15) is 25.6 Å². The van der Waals surface area contributed by atoms with Crippen LogP contribution in [0.5, 0.6) is 0 Å². The van der Waals surface area contributed by atoms with Crippen molar-refractivity contribution in [3.63, 3.8) is 0 Å². The molecule has 1 aromatic heterocycles. The molecule has 0 aliphatic heterocycles. The molecule has 0 atom stereocenters. The number of unbranched alkanes of at least 4 members (excludes halogenated alkanes) is 1. The van der Waals surface area contributed by atoms with Gasteiger partial charge >= 0.3 is 0 Å². The fourth-order valence-electron chi connectivity index (χ4n) is 1.17. The van der Waals surface area contributed by atoms with Gasteiger partial charge in [0.25, 0.3) is 0 Å². The van der Waals surface area contributed by atoms with E-state index in [0.29, 0.717) is 0 Å². The average molecular weight is 212 g/mol. The normalized spacial score (nSPS) is 10.8. The van der Waals surface area contributed by atoms with Gasteiger partial charge in [0, 0.05) is 20.2 Å². The lowest BCUT2D eigenvalue weighted by molar-refractivity contribution is 0.132. The van der Waals surface area contributed by atoms with Crippen molar-refractivity contribution >= 4 is 0 Å². The predicted molar refractivity (Wildman–Crippen MR) is 58.4 cm³/mol. The molecule has 0 radical (unpaired) electrons. The maximum Gasteiger partial charge on any atom is 0.140 e. The van der Waals surface area contributed by atoms with Crippen molar-refractivity contribution in [3.05, 3.63) is 12.2 Å². The van der Waals surface area contributed by atoms with Crippen molar-refractivity contribution in [2.24, 2.45) is 7.05 Å². The zero-order valence-electron chi connectivity index (χ0n) is 9.57. The lowest BCUT2D eigenvalue weighted by Gasteiger charge is -2.05. The molecule has 0 spiro atoms. The van der Waals surface area contributed by atoms with Gasteiger partial charge in [-0.25, -0.2) is 4.98 Å². The average Bonchev–Trinajstić information content (AvgIpc) is 2.63. The van der Waals surface area contributed by atoms with E-state index in [1.54, 1.807) is 11.0 Å². The highest BCUT2D eigenvalue weighted by atomic mass is 16.5. The summed E-state index contributed by atoms with van der Waals surface area (Å²) in [6, 6.07) is 0. The molecule has 86 valence electrons. The molecule has 0 bridgehead atoms. The summed E-state index contributed by atoms with van der Waals surface area (Å²) in [6.07, 6.45) is 3.89. The lowest BCUT2D eigenvalue weighted by Crippen LogP contribution is -2.21. The Morgan fingerprint density at radius 2 is 2.33 bits per heavy atom. The van der Waals surface area contributed by atoms with Gasteiger partial charge in [0.2, 0.25) is 0 Å². The molecule has 0 aliphatic rings. The van der Waals surface area contributed by atoms with E-state index >= 15 is 0 Å². The zero-order valence-corrected chi connectivity index (χ0v) is 9.57. The topological polar surface area (TPSA) is 52.0 Å². The molecule has 0 amide bonds. The van der Waals surface area contributed by atoms with Gasteiger partial charge in [-0.2, -0.15) is 5.10 Å². The van der Waals surface area contributed by atoms with Crippen molar-refractivity contribution in [1.82, 2.24) is 20.1 Å². The van der Waals surface area contributed by atoms with Crippen LogP contribution < -0.4 is 5.32 Å². The minimum absolute atomic E-state index is 0.744. The SMILES string of the molecule is CCCCOCCNCc1ncnn1C. The second kappa shape index (κ2) is 7.36. The summed E-state index contributed by atoms with van der Waals surface area (Å²) in [5.74, 6) is 0.948. The highest BCUT2D eigenvalue weighted by Gasteiger charge is 1.98. The second-order valence-electron chi connectivity index (χ2n) is 3.44. The monoisotopic (exact) mass is 212 g/mol. The van der Waals surface area contributed by atoms with Crippen LogP contribution in [-0.2, 0) is 18.3 Å². The molecular formula is C10H20N4O. The molecule has 1 N–H and O–H groups in total. The zero-order chi connectivity index (χ0) is 10.9. The Kier molecular flexibility index (Phi) is 5.96. The molecule has 1 heterocycles. The molecule has 1 rings (SSSR count). The Hall–Kier alpha value is -0.940. The van der Waals surface area contributed by atoms with Gasteiger partial charge in [-0.05, 0) is 6.42 Å². The third-order valence-corrected chi connectivity index (χ3v) is 2.15. The summed E-state index contributed by atoms with van der Waals surface area (Å²) in [6.45, 7) is 5.39. The van der Waals surface area contributed by atoms with E-state index in [-0.39, 0.29) is 0 Å². The van der Waals surface area contributed by atoms with Gasteiger partial charge in [0.05, 0.1) is 13.2 Å². The fraction of sp³-hybridized carbons (Fsp3) is 0.800. The van der Waals surface area contributed by atoms with Crippen molar-refractivity contribution in [2.75, 3.05) is 19.8 Å². The van der Waals surface area contributed by atoms with Gasteiger partial charge < -0.3 is 10.1 Å². The molecule has 0 fully saturated rings.